The van der Waals surface area contributed by atoms with Gasteiger partial charge in [-0.1, -0.05) is 29.8 Å². The lowest BCUT2D eigenvalue weighted by atomic mass is 9.68. The maximum Gasteiger partial charge on any atom is 0.236 e. The molecule has 1 amide bonds. The Morgan fingerprint density at radius 1 is 1.11 bits per heavy atom. The molecule has 0 radical (unpaired) electrons. The molecule has 28 heavy (non-hydrogen) atoms. The van der Waals surface area contributed by atoms with Crippen LogP contribution in [-0.4, -0.2) is 23.8 Å². The van der Waals surface area contributed by atoms with E-state index >= 15 is 0 Å². The van der Waals surface area contributed by atoms with Crippen LogP contribution >= 0.6 is 0 Å². The number of hydrogen-bond acceptors (Lipinski definition) is 3. The third kappa shape index (κ3) is 3.96. The van der Waals surface area contributed by atoms with Crippen LogP contribution in [0.5, 0.6) is 0 Å². The van der Waals surface area contributed by atoms with Gasteiger partial charge >= 0.3 is 0 Å². The molecule has 0 aromatic heterocycles. The fourth-order valence-corrected chi connectivity index (χ4v) is 3.98. The van der Waals surface area contributed by atoms with Crippen molar-refractivity contribution in [2.75, 3.05) is 11.9 Å². The summed E-state index contributed by atoms with van der Waals surface area (Å²) in [6.07, 6.45) is 1.23. The van der Waals surface area contributed by atoms with Crippen molar-refractivity contribution in [1.82, 2.24) is 5.32 Å². The van der Waals surface area contributed by atoms with Gasteiger partial charge in [0.25, 0.3) is 0 Å². The van der Waals surface area contributed by atoms with Crippen molar-refractivity contribution in [2.24, 2.45) is 5.41 Å². The quantitative estimate of drug-likeness (QED) is 0.773. The Balaban J connectivity index is 2.01. The molecule has 0 saturated carbocycles. The molecule has 0 aliphatic heterocycles. The Morgan fingerprint density at radius 3 is 2.43 bits per heavy atom. The second kappa shape index (κ2) is 7.42. The number of carbonyl (C=O) groups excluding carboxylic acids is 2. The summed E-state index contributed by atoms with van der Waals surface area (Å²) >= 11 is 0. The van der Waals surface area contributed by atoms with Gasteiger partial charge in [0.05, 0.1) is 0 Å². The van der Waals surface area contributed by atoms with Gasteiger partial charge < -0.3 is 10.6 Å². The van der Waals surface area contributed by atoms with E-state index in [1.807, 2.05) is 71.0 Å². The summed E-state index contributed by atoms with van der Waals surface area (Å²) in [5.41, 5.74) is 3.34. The molecule has 1 aliphatic rings. The number of hydrogen-bond donors (Lipinski definition) is 2. The number of anilines is 1. The first-order valence-electron chi connectivity index (χ1n) is 9.89. The van der Waals surface area contributed by atoms with Gasteiger partial charge in [-0.15, -0.1) is 0 Å². The first-order chi connectivity index (χ1) is 13.1. The summed E-state index contributed by atoms with van der Waals surface area (Å²) in [5, 5.41) is 6.39. The lowest BCUT2D eigenvalue weighted by Crippen LogP contribution is -2.56. The molecule has 2 aromatic rings. The molecule has 0 fully saturated rings. The summed E-state index contributed by atoms with van der Waals surface area (Å²) in [6, 6.07) is 13.8. The van der Waals surface area contributed by atoms with Crippen LogP contribution in [0, 0.1) is 19.3 Å². The minimum Gasteiger partial charge on any atom is -0.383 e. The number of Topliss-reactive ketones (excluding diaryl/α,β-unsaturated/α-hetero) is 1. The number of fused-ring (bicyclic) bond motifs is 1. The third-order valence-corrected chi connectivity index (χ3v) is 5.39. The molecule has 2 aromatic carbocycles. The fourth-order valence-electron chi connectivity index (χ4n) is 3.98. The van der Waals surface area contributed by atoms with Crippen molar-refractivity contribution < 1.29 is 9.59 Å². The van der Waals surface area contributed by atoms with Gasteiger partial charge in [-0.25, -0.2) is 0 Å². The largest absolute Gasteiger partial charge is 0.383 e. The van der Waals surface area contributed by atoms with Crippen LogP contribution < -0.4 is 10.6 Å². The van der Waals surface area contributed by atoms with E-state index in [2.05, 4.69) is 16.7 Å². The molecule has 4 nitrogen and oxygen atoms in total. The normalized spacial score (nSPS) is 19.1. The van der Waals surface area contributed by atoms with Crippen LogP contribution in [0.3, 0.4) is 0 Å². The van der Waals surface area contributed by atoms with Gasteiger partial charge in [0.15, 0.2) is 5.78 Å². The van der Waals surface area contributed by atoms with Crippen LogP contribution in [0.25, 0.3) is 0 Å². The van der Waals surface area contributed by atoms with Gasteiger partial charge in [-0.2, -0.15) is 0 Å². The Kier molecular flexibility index (Phi) is 5.33. The molecular weight excluding hydrogens is 348 g/mol. The van der Waals surface area contributed by atoms with E-state index in [0.29, 0.717) is 12.0 Å². The van der Waals surface area contributed by atoms with Crippen LogP contribution in [0.4, 0.5) is 5.69 Å². The number of para-hydroxylation sites is 1. The number of carbonyl (C=O) groups is 2. The van der Waals surface area contributed by atoms with E-state index in [-0.39, 0.29) is 18.2 Å². The first kappa shape index (κ1) is 20.1. The van der Waals surface area contributed by atoms with Crippen molar-refractivity contribution in [3.05, 3.63) is 64.7 Å². The van der Waals surface area contributed by atoms with Gasteiger partial charge in [0, 0.05) is 23.3 Å². The Labute approximate surface area is 167 Å². The maximum absolute atomic E-state index is 13.7. The number of amides is 1. The van der Waals surface area contributed by atoms with E-state index in [4.69, 9.17) is 0 Å². The van der Waals surface area contributed by atoms with E-state index in [1.54, 1.807) is 0 Å². The number of nitrogens with one attached hydrogen (secondary N) is 2. The highest BCUT2D eigenvalue weighted by Crippen LogP contribution is 2.38. The lowest BCUT2D eigenvalue weighted by molar-refractivity contribution is -0.129. The van der Waals surface area contributed by atoms with Crippen molar-refractivity contribution in [2.45, 2.75) is 53.0 Å². The molecule has 4 heteroatoms. The summed E-state index contributed by atoms with van der Waals surface area (Å²) in [6.45, 7) is 10.2. The second-order valence-electron chi connectivity index (χ2n) is 8.94. The van der Waals surface area contributed by atoms with Crippen molar-refractivity contribution in [3.8, 4) is 0 Å². The lowest BCUT2D eigenvalue weighted by Gasteiger charge is -2.38. The highest BCUT2D eigenvalue weighted by atomic mass is 16.2. The topological polar surface area (TPSA) is 58.2 Å². The molecular formula is C24H30N2O2. The van der Waals surface area contributed by atoms with Crippen molar-refractivity contribution in [1.29, 1.82) is 0 Å². The van der Waals surface area contributed by atoms with Gasteiger partial charge in [-0.3, -0.25) is 9.59 Å². The molecule has 2 N–H and O–H groups in total. The summed E-state index contributed by atoms with van der Waals surface area (Å²) in [7, 11) is 0. The van der Waals surface area contributed by atoms with Crippen molar-refractivity contribution in [3.63, 3.8) is 0 Å². The van der Waals surface area contributed by atoms with Crippen LogP contribution in [0.1, 0.15) is 54.2 Å². The van der Waals surface area contributed by atoms with E-state index in [1.165, 1.54) is 0 Å². The Morgan fingerprint density at radius 2 is 1.79 bits per heavy atom. The average molecular weight is 379 g/mol. The zero-order valence-corrected chi connectivity index (χ0v) is 17.5. The van der Waals surface area contributed by atoms with Crippen molar-refractivity contribution >= 4 is 17.4 Å². The SMILES string of the molecule is Cc1cc(C)c2c(c1)C(=O)[C@@](CNc1ccccc1)(C(=O)NC(C)(C)C)CC2. The number of benzene rings is 2. The predicted octanol–water partition coefficient (Wildman–Crippen LogP) is 4.45. The molecule has 3 rings (SSSR count). The van der Waals surface area contributed by atoms with E-state index in [9.17, 15) is 9.59 Å². The van der Waals surface area contributed by atoms with Gasteiger partial charge in [0.1, 0.15) is 5.41 Å². The minimum atomic E-state index is -1.11. The highest BCUT2D eigenvalue weighted by molar-refractivity contribution is 6.16. The van der Waals surface area contributed by atoms with E-state index < -0.39 is 11.0 Å². The molecule has 0 unspecified atom stereocenters. The maximum atomic E-state index is 13.7. The highest BCUT2D eigenvalue weighted by Gasteiger charge is 2.49. The Hall–Kier alpha value is -2.62. The molecule has 0 saturated heterocycles. The average Bonchev–Trinajstić information content (AvgIpc) is 2.61. The number of ketones is 1. The molecule has 148 valence electrons. The van der Waals surface area contributed by atoms with Crippen LogP contribution in [-0.2, 0) is 11.2 Å². The summed E-state index contributed by atoms with van der Waals surface area (Å²) < 4.78 is 0. The van der Waals surface area contributed by atoms with E-state index in [0.717, 1.165) is 28.8 Å². The first-order valence-corrected chi connectivity index (χ1v) is 9.89. The fraction of sp³-hybridized carbons (Fsp3) is 0.417. The molecule has 1 aliphatic carbocycles. The van der Waals surface area contributed by atoms with Gasteiger partial charge in [0.2, 0.25) is 5.91 Å². The number of aryl methyl sites for hydroxylation is 2. The molecule has 1 atom stereocenters. The number of rotatable bonds is 4. The van der Waals surface area contributed by atoms with Crippen LogP contribution in [0.2, 0.25) is 0 Å². The zero-order chi connectivity index (χ0) is 20.5. The molecule has 0 bridgehead atoms. The third-order valence-electron chi connectivity index (χ3n) is 5.39. The standard InChI is InChI=1S/C24H30N2O2/c1-16-13-17(2)19-11-12-24(21(27)20(19)14-16,22(28)26-23(3,4)5)15-25-18-9-7-6-8-10-18/h6-10,13-14,25H,11-12,15H2,1-5H3,(H,26,28)/t24-/m1/s1. The van der Waals surface area contributed by atoms with Crippen LogP contribution in [0.15, 0.2) is 42.5 Å². The minimum absolute atomic E-state index is 0.0780. The summed E-state index contributed by atoms with van der Waals surface area (Å²) in [5.74, 6) is -0.274. The van der Waals surface area contributed by atoms with Gasteiger partial charge in [-0.05, 0) is 76.8 Å². The predicted molar refractivity (Wildman–Crippen MR) is 114 cm³/mol. The molecule has 0 spiro atoms. The Bertz CT molecular complexity index is 897. The monoisotopic (exact) mass is 378 g/mol. The zero-order valence-electron chi connectivity index (χ0n) is 17.5. The molecule has 0 heterocycles. The smallest absolute Gasteiger partial charge is 0.236 e. The second-order valence-corrected chi connectivity index (χ2v) is 8.94. The summed E-state index contributed by atoms with van der Waals surface area (Å²) in [4.78, 5) is 27.1.